The largest absolute Gasteiger partial charge is 0.406 e. The van der Waals surface area contributed by atoms with E-state index in [0.717, 1.165) is 4.90 Å². The van der Waals surface area contributed by atoms with Gasteiger partial charge in [0.2, 0.25) is 11.9 Å². The molecule has 0 saturated carbocycles. The second-order valence-electron chi connectivity index (χ2n) is 4.10. The minimum atomic E-state index is -4.35. The fourth-order valence-corrected chi connectivity index (χ4v) is 1.52. The van der Waals surface area contributed by atoms with Gasteiger partial charge in [-0.25, -0.2) is 4.98 Å². The van der Waals surface area contributed by atoms with E-state index in [1.807, 2.05) is 6.92 Å². The van der Waals surface area contributed by atoms with E-state index in [1.165, 1.54) is 24.4 Å². The molecule has 0 atom stereocenters. The van der Waals surface area contributed by atoms with Gasteiger partial charge in [-0.2, -0.15) is 37.9 Å². The molecule has 0 bridgehead atoms. The summed E-state index contributed by atoms with van der Waals surface area (Å²) in [6, 6.07) is 0. The van der Waals surface area contributed by atoms with Crippen molar-refractivity contribution in [1.82, 2.24) is 29.7 Å². The Morgan fingerprint density at radius 2 is 2.05 bits per heavy atom. The fraction of sp³-hybridized carbons (Fsp3) is 0.500. The molecule has 0 aliphatic carbocycles. The highest BCUT2D eigenvalue weighted by molar-refractivity contribution is 5.39. The molecule has 0 fully saturated rings. The van der Waals surface area contributed by atoms with Gasteiger partial charge in [0.25, 0.3) is 5.95 Å². The summed E-state index contributed by atoms with van der Waals surface area (Å²) in [4.78, 5) is 16.6. The van der Waals surface area contributed by atoms with Crippen molar-refractivity contribution in [1.29, 1.82) is 0 Å². The molecule has 0 aliphatic heterocycles. The monoisotopic (exact) mass is 302 g/mol. The van der Waals surface area contributed by atoms with Crippen LogP contribution < -0.4 is 10.2 Å². The van der Waals surface area contributed by atoms with Gasteiger partial charge in [-0.15, -0.1) is 0 Å². The lowest BCUT2D eigenvalue weighted by Gasteiger charge is -2.19. The molecule has 0 saturated heterocycles. The molecule has 114 valence electrons. The zero-order valence-electron chi connectivity index (χ0n) is 11.3. The lowest BCUT2D eigenvalue weighted by molar-refractivity contribution is -0.119. The van der Waals surface area contributed by atoms with Gasteiger partial charge < -0.3 is 10.2 Å². The second-order valence-corrected chi connectivity index (χ2v) is 4.10. The Morgan fingerprint density at radius 1 is 1.29 bits per heavy atom. The van der Waals surface area contributed by atoms with E-state index in [0.29, 0.717) is 6.54 Å². The maximum Gasteiger partial charge on any atom is 0.406 e. The van der Waals surface area contributed by atoms with Crippen LogP contribution in [0.25, 0.3) is 5.95 Å². The van der Waals surface area contributed by atoms with E-state index in [-0.39, 0.29) is 17.8 Å². The first-order valence-electron chi connectivity index (χ1n) is 6.02. The number of hydrogen-bond acceptors (Lipinski definition) is 7. The van der Waals surface area contributed by atoms with Crippen LogP contribution in [0.5, 0.6) is 0 Å². The van der Waals surface area contributed by atoms with Gasteiger partial charge in [-0.3, -0.25) is 0 Å². The molecule has 2 heterocycles. The number of halogens is 3. The summed E-state index contributed by atoms with van der Waals surface area (Å²) < 4.78 is 38.6. The first-order chi connectivity index (χ1) is 9.89. The molecular weight excluding hydrogens is 289 g/mol. The third kappa shape index (κ3) is 4.00. The zero-order chi connectivity index (χ0) is 15.5. The molecule has 0 unspecified atom stereocenters. The highest BCUT2D eigenvalue weighted by atomic mass is 19.4. The minimum Gasteiger partial charge on any atom is -0.354 e. The summed E-state index contributed by atoms with van der Waals surface area (Å²) >= 11 is 0. The molecule has 2 aromatic rings. The predicted molar refractivity (Wildman–Crippen MR) is 68.2 cm³/mol. The molecule has 0 aromatic carbocycles. The van der Waals surface area contributed by atoms with Gasteiger partial charge in [0.15, 0.2) is 0 Å². The Morgan fingerprint density at radius 3 is 2.62 bits per heavy atom. The Hall–Kier alpha value is -2.46. The summed E-state index contributed by atoms with van der Waals surface area (Å²) in [6.07, 6.45) is -1.73. The minimum absolute atomic E-state index is 0.0856. The predicted octanol–water partition coefficient (Wildman–Crippen LogP) is 0.883. The number of alkyl halides is 3. The Kier molecular flexibility index (Phi) is 4.19. The summed E-state index contributed by atoms with van der Waals surface area (Å²) in [5.41, 5.74) is 0. The number of rotatable bonds is 5. The van der Waals surface area contributed by atoms with Gasteiger partial charge in [-0.05, 0) is 6.92 Å². The lowest BCUT2D eigenvalue weighted by Crippen LogP contribution is -2.32. The lowest BCUT2D eigenvalue weighted by atomic mass is 10.5. The molecule has 11 heteroatoms. The third-order valence-corrected chi connectivity index (χ3v) is 2.33. The summed E-state index contributed by atoms with van der Waals surface area (Å²) in [5, 5.41) is 6.68. The Bertz CT molecular complexity index is 582. The molecule has 21 heavy (non-hydrogen) atoms. The van der Waals surface area contributed by atoms with Crippen LogP contribution in [0.15, 0.2) is 12.7 Å². The van der Waals surface area contributed by atoms with Crippen molar-refractivity contribution in [2.24, 2.45) is 0 Å². The topological polar surface area (TPSA) is 84.7 Å². The van der Waals surface area contributed by atoms with Crippen molar-refractivity contribution >= 4 is 11.9 Å². The molecule has 0 spiro atoms. The first kappa shape index (κ1) is 14.9. The number of nitrogens with one attached hydrogen (secondary N) is 1. The number of hydrogen-bond donors (Lipinski definition) is 1. The van der Waals surface area contributed by atoms with Crippen molar-refractivity contribution in [2.75, 3.05) is 30.4 Å². The highest BCUT2D eigenvalue weighted by Crippen LogP contribution is 2.19. The SMILES string of the molecule is CCNc1nc(N(C)CC(F)(F)F)nc(-n2cncn2)n1. The van der Waals surface area contributed by atoms with E-state index >= 15 is 0 Å². The molecule has 8 nitrogen and oxygen atoms in total. The van der Waals surface area contributed by atoms with Crippen molar-refractivity contribution in [3.8, 4) is 5.95 Å². The van der Waals surface area contributed by atoms with Gasteiger partial charge in [-0.1, -0.05) is 0 Å². The Balaban J connectivity index is 2.36. The van der Waals surface area contributed by atoms with Gasteiger partial charge >= 0.3 is 6.18 Å². The van der Waals surface area contributed by atoms with Crippen LogP contribution in [0.2, 0.25) is 0 Å². The number of nitrogens with zero attached hydrogens (tertiary/aromatic N) is 7. The Labute approximate surface area is 118 Å². The summed E-state index contributed by atoms with van der Waals surface area (Å²) in [7, 11) is 1.25. The maximum absolute atomic E-state index is 12.5. The molecule has 0 aliphatic rings. The van der Waals surface area contributed by atoms with Crippen LogP contribution in [-0.2, 0) is 0 Å². The smallest absolute Gasteiger partial charge is 0.354 e. The molecule has 1 N–H and O–H groups in total. The molecular formula is C10H13F3N8. The maximum atomic E-state index is 12.5. The van der Waals surface area contributed by atoms with Crippen LogP contribution in [0.3, 0.4) is 0 Å². The average Bonchev–Trinajstić information content (AvgIpc) is 2.90. The number of anilines is 2. The van der Waals surface area contributed by atoms with E-state index in [4.69, 9.17) is 0 Å². The molecule has 0 radical (unpaired) electrons. The second kappa shape index (κ2) is 5.89. The molecule has 2 aromatic heterocycles. The van der Waals surface area contributed by atoms with Crippen molar-refractivity contribution in [3.63, 3.8) is 0 Å². The van der Waals surface area contributed by atoms with Gasteiger partial charge in [0.1, 0.15) is 19.2 Å². The van der Waals surface area contributed by atoms with Crippen molar-refractivity contribution in [3.05, 3.63) is 12.7 Å². The zero-order valence-corrected chi connectivity index (χ0v) is 11.3. The highest BCUT2D eigenvalue weighted by Gasteiger charge is 2.30. The van der Waals surface area contributed by atoms with E-state index in [9.17, 15) is 13.2 Å². The average molecular weight is 302 g/mol. The molecule has 2 rings (SSSR count). The van der Waals surface area contributed by atoms with E-state index in [1.54, 1.807) is 0 Å². The number of aromatic nitrogens is 6. The van der Waals surface area contributed by atoms with E-state index in [2.05, 4.69) is 30.4 Å². The third-order valence-electron chi connectivity index (χ3n) is 2.33. The van der Waals surface area contributed by atoms with Gasteiger partial charge in [0, 0.05) is 13.6 Å². The van der Waals surface area contributed by atoms with Crippen molar-refractivity contribution < 1.29 is 13.2 Å². The molecule has 0 amide bonds. The summed E-state index contributed by atoms with van der Waals surface area (Å²) in [6.45, 7) is 1.17. The van der Waals surface area contributed by atoms with Crippen LogP contribution in [0.1, 0.15) is 6.92 Å². The van der Waals surface area contributed by atoms with Crippen LogP contribution in [0.4, 0.5) is 25.1 Å². The fourth-order valence-electron chi connectivity index (χ4n) is 1.52. The normalized spacial score (nSPS) is 11.5. The van der Waals surface area contributed by atoms with Crippen LogP contribution >= 0.6 is 0 Å². The van der Waals surface area contributed by atoms with Crippen LogP contribution in [0, 0.1) is 0 Å². The van der Waals surface area contributed by atoms with Gasteiger partial charge in [0.05, 0.1) is 0 Å². The summed E-state index contributed by atoms with van der Waals surface area (Å²) in [5.74, 6) is 0.147. The quantitative estimate of drug-likeness (QED) is 0.877. The first-order valence-corrected chi connectivity index (χ1v) is 6.02. The van der Waals surface area contributed by atoms with Crippen molar-refractivity contribution in [2.45, 2.75) is 13.1 Å². The standard InChI is InChI=1S/C10H13F3N8/c1-3-15-7-17-8(20(2)4-10(11,12)13)19-9(18-7)21-6-14-5-16-21/h5-6H,3-4H2,1-2H3,(H,15,17,18,19). The van der Waals surface area contributed by atoms with E-state index < -0.39 is 12.7 Å². The van der Waals surface area contributed by atoms with Crippen LogP contribution in [-0.4, -0.2) is 56.0 Å².